The van der Waals surface area contributed by atoms with Gasteiger partial charge in [-0.1, -0.05) is 27.6 Å². The molecule has 0 saturated carbocycles. The molecular weight excluding hydrogens is 374 g/mol. The number of fused-ring (bicyclic) bond motifs is 2. The van der Waals surface area contributed by atoms with Crippen molar-refractivity contribution in [3.8, 4) is 23.0 Å². The van der Waals surface area contributed by atoms with Gasteiger partial charge in [0.1, 0.15) is 0 Å². The Hall–Kier alpha value is -1.15. The van der Waals surface area contributed by atoms with Crippen molar-refractivity contribution in [1.29, 1.82) is 0 Å². The zero-order valence-electron chi connectivity index (χ0n) is 14.7. The van der Waals surface area contributed by atoms with E-state index in [2.05, 4.69) is 38.8 Å². The Kier molecular flexibility index (Phi) is 4.75. The van der Waals surface area contributed by atoms with Gasteiger partial charge >= 0.3 is 0 Å². The average Bonchev–Trinajstić information content (AvgIpc) is 3.23. The topological polar surface area (TPSA) is 36.9 Å². The van der Waals surface area contributed by atoms with E-state index in [1.54, 1.807) is 11.8 Å². The number of ether oxygens (including phenoxy) is 4. The number of rotatable bonds is 4. The van der Waals surface area contributed by atoms with Crippen LogP contribution in [0.2, 0.25) is 0 Å². The van der Waals surface area contributed by atoms with Gasteiger partial charge in [0.05, 0.1) is 9.79 Å². The van der Waals surface area contributed by atoms with Crippen LogP contribution in [0.1, 0.15) is 0 Å². The smallest absolute Gasteiger partial charge is 0.231 e. The Bertz CT molecular complexity index is 756. The third-order valence-corrected chi connectivity index (χ3v) is 8.31. The van der Waals surface area contributed by atoms with Gasteiger partial charge in [0.25, 0.3) is 0 Å². The highest BCUT2D eigenvalue weighted by Gasteiger charge is 2.28. The van der Waals surface area contributed by atoms with Gasteiger partial charge in [0.15, 0.2) is 23.0 Å². The molecule has 0 atom stereocenters. The van der Waals surface area contributed by atoms with Gasteiger partial charge in [0.2, 0.25) is 13.6 Å². The normalized spacial score (nSPS) is 14.6. The second-order valence-corrected chi connectivity index (χ2v) is 11.7. The van der Waals surface area contributed by atoms with Crippen LogP contribution in [-0.2, 0) is 0 Å². The summed E-state index contributed by atoms with van der Waals surface area (Å²) in [5.41, 5.74) is 0. The van der Waals surface area contributed by atoms with Crippen LogP contribution in [-0.4, -0.2) is 40.2 Å². The zero-order valence-corrected chi connectivity index (χ0v) is 17.3. The first kappa shape index (κ1) is 17.3. The molecule has 0 aliphatic carbocycles. The summed E-state index contributed by atoms with van der Waals surface area (Å²) in [5, 5.41) is 2.64. The standard InChI is InChI=1S/C18H20O4P2S/c1-23(2)13-7-5-11-15(21-9-19-11)17(13)25-18-14(24(3)4)8-6-12-16(18)22-10-20-12/h5-8H,9-10H2,1-4H3. The maximum atomic E-state index is 5.81. The molecule has 0 saturated heterocycles. The van der Waals surface area contributed by atoms with Crippen molar-refractivity contribution in [1.82, 2.24) is 0 Å². The van der Waals surface area contributed by atoms with Crippen LogP contribution in [0.3, 0.4) is 0 Å². The largest absolute Gasteiger partial charge is 0.454 e. The summed E-state index contributed by atoms with van der Waals surface area (Å²) < 4.78 is 22.8. The molecule has 2 aromatic carbocycles. The Morgan fingerprint density at radius 2 is 1.12 bits per heavy atom. The predicted molar refractivity (Wildman–Crippen MR) is 106 cm³/mol. The highest BCUT2D eigenvalue weighted by molar-refractivity contribution is 8.00. The molecule has 0 bridgehead atoms. The van der Waals surface area contributed by atoms with Crippen LogP contribution in [0.4, 0.5) is 0 Å². The summed E-state index contributed by atoms with van der Waals surface area (Å²) >= 11 is 1.73. The minimum Gasteiger partial charge on any atom is -0.454 e. The lowest BCUT2D eigenvalue weighted by molar-refractivity contribution is 0.172. The monoisotopic (exact) mass is 394 g/mol. The van der Waals surface area contributed by atoms with Crippen LogP contribution in [0, 0.1) is 0 Å². The Morgan fingerprint density at radius 3 is 1.52 bits per heavy atom. The van der Waals surface area contributed by atoms with Gasteiger partial charge in [-0.3, -0.25) is 0 Å². The summed E-state index contributed by atoms with van der Waals surface area (Å²) in [6.45, 7) is 9.62. The SMILES string of the molecule is CP(C)c1ccc2c(c1Sc1c(P(C)C)ccc3c1OCO3)OCO2. The number of hydrogen-bond acceptors (Lipinski definition) is 5. The van der Waals surface area contributed by atoms with Gasteiger partial charge in [-0.15, -0.1) is 0 Å². The molecule has 0 unspecified atom stereocenters. The first-order chi connectivity index (χ1) is 12.1. The predicted octanol–water partition coefficient (Wildman–Crippen LogP) is 4.03. The fraction of sp³-hybridized carbons (Fsp3) is 0.333. The first-order valence-electron chi connectivity index (χ1n) is 7.94. The molecule has 0 aromatic heterocycles. The van der Waals surface area contributed by atoms with E-state index in [4.69, 9.17) is 18.9 Å². The second kappa shape index (κ2) is 6.87. The summed E-state index contributed by atoms with van der Waals surface area (Å²) in [7, 11) is -0.546. The molecule has 2 heterocycles. The molecule has 2 aromatic rings. The van der Waals surface area contributed by atoms with Crippen LogP contribution >= 0.6 is 27.6 Å². The Balaban J connectivity index is 1.87. The Labute approximate surface area is 154 Å². The van der Waals surface area contributed by atoms with Crippen molar-refractivity contribution >= 4 is 38.2 Å². The highest BCUT2D eigenvalue weighted by atomic mass is 32.2. The second-order valence-electron chi connectivity index (χ2n) is 6.19. The molecule has 7 heteroatoms. The number of hydrogen-bond donors (Lipinski definition) is 0. The van der Waals surface area contributed by atoms with E-state index in [9.17, 15) is 0 Å². The van der Waals surface area contributed by atoms with Crippen LogP contribution in [0.5, 0.6) is 23.0 Å². The molecule has 0 amide bonds. The van der Waals surface area contributed by atoms with E-state index < -0.39 is 0 Å². The highest BCUT2D eigenvalue weighted by Crippen LogP contribution is 2.51. The first-order valence-corrected chi connectivity index (χ1v) is 13.2. The van der Waals surface area contributed by atoms with Crippen molar-refractivity contribution in [2.24, 2.45) is 0 Å². The summed E-state index contributed by atoms with van der Waals surface area (Å²) in [6, 6.07) is 8.38. The molecular formula is C18H20O4P2S. The minimum absolute atomic E-state index is 0.273. The van der Waals surface area contributed by atoms with E-state index in [1.165, 1.54) is 10.6 Å². The van der Waals surface area contributed by atoms with E-state index >= 15 is 0 Å². The third-order valence-electron chi connectivity index (χ3n) is 4.11. The van der Waals surface area contributed by atoms with Gasteiger partial charge in [-0.2, -0.15) is 0 Å². The van der Waals surface area contributed by atoms with Gasteiger partial charge in [-0.25, -0.2) is 0 Å². The van der Waals surface area contributed by atoms with E-state index in [-0.39, 0.29) is 29.4 Å². The van der Waals surface area contributed by atoms with Crippen LogP contribution < -0.4 is 29.6 Å². The van der Waals surface area contributed by atoms with Crippen molar-refractivity contribution in [3.63, 3.8) is 0 Å². The van der Waals surface area contributed by atoms with E-state index in [0.717, 1.165) is 32.8 Å². The zero-order chi connectivity index (χ0) is 17.6. The van der Waals surface area contributed by atoms with Crippen molar-refractivity contribution in [2.45, 2.75) is 9.79 Å². The molecule has 0 N–H and O–H groups in total. The maximum Gasteiger partial charge on any atom is 0.231 e. The molecule has 2 aliphatic heterocycles. The molecule has 0 spiro atoms. The van der Waals surface area contributed by atoms with E-state index in [1.807, 2.05) is 12.1 Å². The fourth-order valence-electron chi connectivity index (χ4n) is 2.88. The molecule has 0 radical (unpaired) electrons. The molecule has 4 nitrogen and oxygen atoms in total. The number of benzene rings is 2. The molecule has 25 heavy (non-hydrogen) atoms. The van der Waals surface area contributed by atoms with Crippen LogP contribution in [0.25, 0.3) is 0 Å². The summed E-state index contributed by atoms with van der Waals surface area (Å²) in [4.78, 5) is 2.29. The van der Waals surface area contributed by atoms with Crippen molar-refractivity contribution in [3.05, 3.63) is 24.3 Å². The average molecular weight is 394 g/mol. The lowest BCUT2D eigenvalue weighted by Crippen LogP contribution is -2.08. The summed E-state index contributed by atoms with van der Waals surface area (Å²) in [6.07, 6.45) is 0. The van der Waals surface area contributed by atoms with Crippen LogP contribution in [0.15, 0.2) is 34.1 Å². The van der Waals surface area contributed by atoms with Gasteiger partial charge < -0.3 is 18.9 Å². The van der Waals surface area contributed by atoms with E-state index in [0.29, 0.717) is 0 Å². The molecule has 132 valence electrons. The van der Waals surface area contributed by atoms with Gasteiger partial charge in [-0.05, 0) is 61.5 Å². The molecule has 4 rings (SSSR count). The lowest BCUT2D eigenvalue weighted by atomic mass is 10.3. The summed E-state index contributed by atoms with van der Waals surface area (Å²) in [5.74, 6) is 3.37. The van der Waals surface area contributed by atoms with Gasteiger partial charge in [0, 0.05) is 0 Å². The Morgan fingerprint density at radius 1 is 0.680 bits per heavy atom. The lowest BCUT2D eigenvalue weighted by Gasteiger charge is -2.19. The third kappa shape index (κ3) is 3.07. The maximum absolute atomic E-state index is 5.81. The molecule has 0 fully saturated rings. The molecule has 2 aliphatic rings. The van der Waals surface area contributed by atoms with Crippen molar-refractivity contribution < 1.29 is 18.9 Å². The quantitative estimate of drug-likeness (QED) is 0.732. The van der Waals surface area contributed by atoms with Crippen molar-refractivity contribution in [2.75, 3.05) is 40.2 Å². The fourth-order valence-corrected chi connectivity index (χ4v) is 7.06. The minimum atomic E-state index is -0.273.